The van der Waals surface area contributed by atoms with Crippen LogP contribution in [0.15, 0.2) is 60.8 Å². The molecule has 0 saturated carbocycles. The SMILES string of the molecule is CC/C=C\C/C=C\C/C=C\C/C=C\C/C=C\CCCCCCCCCC(=O)OC(COCCCCCCCCCCCCCCCCCCCCCCC)COC1OC(CO)C(O)C(OS(=O)(=O)O)C1O. The van der Waals surface area contributed by atoms with E-state index in [0.717, 1.165) is 83.5 Å². The van der Waals surface area contributed by atoms with Crippen molar-refractivity contribution in [1.29, 1.82) is 0 Å². The molecule has 1 aliphatic rings. The molecule has 13 heteroatoms. The van der Waals surface area contributed by atoms with Crippen LogP contribution in [0.4, 0.5) is 0 Å². The van der Waals surface area contributed by atoms with E-state index in [2.05, 4.69) is 78.8 Å². The van der Waals surface area contributed by atoms with E-state index in [0.29, 0.717) is 13.0 Å². The van der Waals surface area contributed by atoms with Crippen molar-refractivity contribution >= 4 is 16.4 Å². The maximum atomic E-state index is 13.0. The van der Waals surface area contributed by atoms with Crippen molar-refractivity contribution in [3.8, 4) is 0 Å². The predicted molar refractivity (Wildman–Crippen MR) is 289 cm³/mol. The standard InChI is InChI=1S/C58H104O12S/c1-3-5-7-9-11-13-15-17-19-21-23-25-26-27-29-31-33-35-37-39-41-43-45-47-54(60)68-52(51-67-58-56(62)57(70-71(63,64)65)55(61)53(49-59)69-58)50-66-48-46-44-42-40-38-36-34-32-30-28-24-22-20-18-16-14-12-10-8-6-4-2/h5,7,11,13,17,19,23,25,27,29,52-53,55-59,61-62H,3-4,6,8-10,12,14-16,18,20-22,24,26,28,30-51H2,1-2H3,(H,63,64,65)/b7-5-,13-11-,19-17-,25-23-,29-27-. The summed E-state index contributed by atoms with van der Waals surface area (Å²) in [5, 5.41) is 30.8. The number of carbonyl (C=O) groups excluding carboxylic acids is 1. The van der Waals surface area contributed by atoms with E-state index in [1.54, 1.807) is 0 Å². The van der Waals surface area contributed by atoms with Gasteiger partial charge in [0, 0.05) is 13.0 Å². The average Bonchev–Trinajstić information content (AvgIpc) is 3.35. The first-order valence-electron chi connectivity index (χ1n) is 28.5. The first-order chi connectivity index (χ1) is 34.6. The van der Waals surface area contributed by atoms with Crippen LogP contribution in [-0.2, 0) is 38.3 Å². The second kappa shape index (κ2) is 48.7. The number of ether oxygens (including phenoxy) is 4. The highest BCUT2D eigenvalue weighted by Crippen LogP contribution is 2.26. The zero-order valence-corrected chi connectivity index (χ0v) is 45.6. The summed E-state index contributed by atoms with van der Waals surface area (Å²) in [6.45, 7) is 3.91. The molecule has 0 radical (unpaired) electrons. The van der Waals surface area contributed by atoms with Gasteiger partial charge in [0.2, 0.25) is 0 Å². The first kappa shape index (κ1) is 66.8. The third-order valence-corrected chi connectivity index (χ3v) is 13.4. The number of hydrogen-bond acceptors (Lipinski definition) is 11. The van der Waals surface area contributed by atoms with Gasteiger partial charge in [-0.15, -0.1) is 0 Å². The lowest BCUT2D eigenvalue weighted by atomic mass is 9.99. The molecule has 0 bridgehead atoms. The Balaban J connectivity index is 2.32. The average molecular weight is 1030 g/mol. The van der Waals surface area contributed by atoms with Crippen LogP contribution in [0.25, 0.3) is 0 Å². The van der Waals surface area contributed by atoms with Crippen molar-refractivity contribution in [3.63, 3.8) is 0 Å². The minimum Gasteiger partial charge on any atom is -0.457 e. The second-order valence-corrected chi connectivity index (χ2v) is 20.6. The van der Waals surface area contributed by atoms with Crippen molar-refractivity contribution in [1.82, 2.24) is 0 Å². The third kappa shape index (κ3) is 41.8. The van der Waals surface area contributed by atoms with E-state index < -0.39 is 59.8 Å². The number of esters is 1. The molecule has 1 heterocycles. The van der Waals surface area contributed by atoms with E-state index in [9.17, 15) is 33.1 Å². The van der Waals surface area contributed by atoms with Crippen LogP contribution in [0.1, 0.15) is 239 Å². The van der Waals surface area contributed by atoms with E-state index in [1.165, 1.54) is 128 Å². The highest BCUT2D eigenvalue weighted by molar-refractivity contribution is 7.80. The minimum atomic E-state index is -5.07. The Morgan fingerprint density at radius 1 is 0.549 bits per heavy atom. The van der Waals surface area contributed by atoms with Crippen LogP contribution < -0.4 is 0 Å². The first-order valence-corrected chi connectivity index (χ1v) is 29.9. The highest BCUT2D eigenvalue weighted by Gasteiger charge is 2.48. The Morgan fingerprint density at radius 3 is 1.42 bits per heavy atom. The number of allylic oxidation sites excluding steroid dienone is 10. The summed E-state index contributed by atoms with van der Waals surface area (Å²) < 4.78 is 59.4. The van der Waals surface area contributed by atoms with Crippen molar-refractivity contribution in [2.45, 2.75) is 275 Å². The number of carbonyl (C=O) groups is 1. The Labute approximate surface area is 433 Å². The van der Waals surface area contributed by atoms with Gasteiger partial charge in [-0.05, 0) is 57.8 Å². The molecule has 414 valence electrons. The zero-order chi connectivity index (χ0) is 51.7. The van der Waals surface area contributed by atoms with Crippen LogP contribution in [0.2, 0.25) is 0 Å². The summed E-state index contributed by atoms with van der Waals surface area (Å²) in [6, 6.07) is 0. The molecule has 0 aromatic heterocycles. The van der Waals surface area contributed by atoms with Crippen molar-refractivity contribution in [2.75, 3.05) is 26.4 Å². The molecule has 0 amide bonds. The maximum absolute atomic E-state index is 13.0. The van der Waals surface area contributed by atoms with E-state index in [1.807, 2.05) is 0 Å². The summed E-state index contributed by atoms with van der Waals surface area (Å²) >= 11 is 0. The topological polar surface area (TPSA) is 178 Å². The fourth-order valence-corrected chi connectivity index (χ4v) is 9.15. The Bertz CT molecular complexity index is 1460. The van der Waals surface area contributed by atoms with Gasteiger partial charge in [0.1, 0.15) is 30.5 Å². The van der Waals surface area contributed by atoms with Crippen LogP contribution in [-0.4, -0.2) is 97.5 Å². The maximum Gasteiger partial charge on any atom is 0.397 e. The monoisotopic (exact) mass is 1020 g/mol. The number of rotatable bonds is 50. The Morgan fingerprint density at radius 2 is 0.972 bits per heavy atom. The number of unbranched alkanes of at least 4 members (excludes halogenated alkanes) is 27. The van der Waals surface area contributed by atoms with Gasteiger partial charge < -0.3 is 34.3 Å². The Hall–Kier alpha value is -2.20. The molecule has 1 fully saturated rings. The molecule has 1 saturated heterocycles. The molecule has 4 N–H and O–H groups in total. The Kier molecular flexibility index (Phi) is 45.9. The molecule has 12 nitrogen and oxygen atoms in total. The van der Waals surface area contributed by atoms with Crippen LogP contribution >= 0.6 is 0 Å². The summed E-state index contributed by atoms with van der Waals surface area (Å²) in [7, 11) is -5.07. The van der Waals surface area contributed by atoms with E-state index in [4.69, 9.17) is 18.9 Å². The number of aliphatic hydroxyl groups is 3. The zero-order valence-electron chi connectivity index (χ0n) is 44.8. The molecule has 0 spiro atoms. The molecule has 1 rings (SSSR count). The van der Waals surface area contributed by atoms with E-state index >= 15 is 0 Å². The molecule has 6 unspecified atom stereocenters. The van der Waals surface area contributed by atoms with Gasteiger partial charge in [-0.1, -0.05) is 235 Å². The third-order valence-electron chi connectivity index (χ3n) is 12.9. The minimum absolute atomic E-state index is 0.0321. The lowest BCUT2D eigenvalue weighted by Crippen LogP contribution is -2.60. The van der Waals surface area contributed by atoms with Gasteiger partial charge in [0.05, 0.1) is 19.8 Å². The van der Waals surface area contributed by atoms with Crippen molar-refractivity contribution < 1.29 is 56.2 Å². The van der Waals surface area contributed by atoms with Gasteiger partial charge in [-0.25, -0.2) is 4.18 Å². The van der Waals surface area contributed by atoms with E-state index in [-0.39, 0.29) is 19.6 Å². The summed E-state index contributed by atoms with van der Waals surface area (Å²) in [6.07, 6.45) is 53.9. The lowest BCUT2D eigenvalue weighted by Gasteiger charge is -2.41. The van der Waals surface area contributed by atoms with Crippen LogP contribution in [0.3, 0.4) is 0 Å². The number of aliphatic hydroxyl groups excluding tert-OH is 3. The van der Waals surface area contributed by atoms with Crippen LogP contribution in [0.5, 0.6) is 0 Å². The molecule has 1 aliphatic heterocycles. The lowest BCUT2D eigenvalue weighted by molar-refractivity contribution is -0.301. The molecule has 0 aromatic rings. The molecular weight excluding hydrogens is 921 g/mol. The fourth-order valence-electron chi connectivity index (χ4n) is 8.64. The van der Waals surface area contributed by atoms with Crippen LogP contribution in [0, 0.1) is 0 Å². The summed E-state index contributed by atoms with van der Waals surface area (Å²) in [4.78, 5) is 13.0. The number of hydrogen-bond donors (Lipinski definition) is 4. The normalized spacial score (nSPS) is 19.4. The van der Waals surface area contributed by atoms with Gasteiger partial charge >= 0.3 is 16.4 Å². The van der Waals surface area contributed by atoms with Gasteiger partial charge in [-0.2, -0.15) is 8.42 Å². The second-order valence-electron chi connectivity index (χ2n) is 19.5. The molecular formula is C58H104O12S. The van der Waals surface area contributed by atoms with Gasteiger partial charge in [-0.3, -0.25) is 9.35 Å². The largest absolute Gasteiger partial charge is 0.457 e. The van der Waals surface area contributed by atoms with Crippen molar-refractivity contribution in [3.05, 3.63) is 60.8 Å². The van der Waals surface area contributed by atoms with Gasteiger partial charge in [0.15, 0.2) is 6.29 Å². The smallest absolute Gasteiger partial charge is 0.397 e. The fraction of sp³-hybridized carbons (Fsp3) is 0.810. The predicted octanol–water partition coefficient (Wildman–Crippen LogP) is 14.0. The molecule has 71 heavy (non-hydrogen) atoms. The molecule has 0 aliphatic carbocycles. The molecule has 6 atom stereocenters. The van der Waals surface area contributed by atoms with Gasteiger partial charge in [0.25, 0.3) is 0 Å². The quantitative estimate of drug-likeness (QED) is 0.0196. The highest BCUT2D eigenvalue weighted by atomic mass is 32.3. The van der Waals surface area contributed by atoms with Crippen molar-refractivity contribution in [2.24, 2.45) is 0 Å². The summed E-state index contributed by atoms with van der Waals surface area (Å²) in [5.74, 6) is -0.408. The molecule has 0 aromatic carbocycles. The summed E-state index contributed by atoms with van der Waals surface area (Å²) in [5.41, 5.74) is 0.